The van der Waals surface area contributed by atoms with Crippen LogP contribution in [0.1, 0.15) is 51.4 Å². The van der Waals surface area contributed by atoms with Crippen molar-refractivity contribution in [3.05, 3.63) is 17.5 Å². The Balaban J connectivity index is 2.00. The summed E-state index contributed by atoms with van der Waals surface area (Å²) in [6, 6.07) is 1.96. The number of aliphatic carboxylic acids is 1. The van der Waals surface area contributed by atoms with Crippen molar-refractivity contribution in [2.45, 2.75) is 65.1 Å². The molecule has 0 atom stereocenters. The number of nitrogens with zero attached hydrogens (tertiary/aromatic N) is 3. The summed E-state index contributed by atoms with van der Waals surface area (Å²) in [4.78, 5) is 24.5. The number of aromatic nitrogens is 2. The highest BCUT2D eigenvalue weighted by Gasteiger charge is 2.25. The molecule has 128 valence electrons. The molecular formula is C16H25N3O4. The van der Waals surface area contributed by atoms with Crippen molar-refractivity contribution >= 4 is 12.1 Å². The van der Waals surface area contributed by atoms with Crippen LogP contribution in [0.5, 0.6) is 0 Å². The number of fused-ring (bicyclic) bond motifs is 1. The highest BCUT2D eigenvalue weighted by molar-refractivity contribution is 5.68. The molecule has 2 rings (SSSR count). The van der Waals surface area contributed by atoms with Gasteiger partial charge in [-0.2, -0.15) is 5.10 Å². The number of rotatable bonds is 4. The molecule has 7 heteroatoms. The average molecular weight is 323 g/mol. The van der Waals surface area contributed by atoms with E-state index in [1.807, 2.05) is 31.5 Å². The predicted octanol–water partition coefficient (Wildman–Crippen LogP) is 2.43. The molecule has 1 aliphatic heterocycles. The fraction of sp³-hybridized carbons (Fsp3) is 0.688. The Morgan fingerprint density at radius 1 is 1.35 bits per heavy atom. The van der Waals surface area contributed by atoms with Crippen molar-refractivity contribution in [2.24, 2.45) is 0 Å². The summed E-state index contributed by atoms with van der Waals surface area (Å²) in [5.74, 6) is -0.790. The molecule has 0 radical (unpaired) electrons. The second-order valence-electron chi connectivity index (χ2n) is 6.85. The molecule has 1 aromatic heterocycles. The number of carboxylic acids is 1. The largest absolute Gasteiger partial charge is 0.481 e. The molecule has 2 heterocycles. The number of aryl methyl sites for hydroxylation is 2. The molecule has 0 aliphatic carbocycles. The van der Waals surface area contributed by atoms with E-state index in [0.717, 1.165) is 24.4 Å². The van der Waals surface area contributed by atoms with Crippen LogP contribution in [-0.2, 0) is 29.0 Å². The third-order valence-corrected chi connectivity index (χ3v) is 3.54. The molecule has 0 bridgehead atoms. The third-order valence-electron chi connectivity index (χ3n) is 3.54. The van der Waals surface area contributed by atoms with Gasteiger partial charge in [0.15, 0.2) is 0 Å². The van der Waals surface area contributed by atoms with E-state index in [4.69, 9.17) is 9.84 Å². The van der Waals surface area contributed by atoms with E-state index in [-0.39, 0.29) is 12.5 Å². The third kappa shape index (κ3) is 5.26. The summed E-state index contributed by atoms with van der Waals surface area (Å²) < 4.78 is 7.36. The number of carboxylic acid groups (broad SMARTS) is 1. The van der Waals surface area contributed by atoms with Crippen LogP contribution in [0.2, 0.25) is 0 Å². The lowest BCUT2D eigenvalue weighted by Gasteiger charge is -2.26. The van der Waals surface area contributed by atoms with Gasteiger partial charge in [-0.05, 0) is 46.1 Å². The quantitative estimate of drug-likeness (QED) is 0.920. The van der Waals surface area contributed by atoms with E-state index in [1.54, 1.807) is 4.90 Å². The minimum atomic E-state index is -0.790. The first-order chi connectivity index (χ1) is 10.7. The number of amides is 1. The van der Waals surface area contributed by atoms with Crippen LogP contribution in [0.3, 0.4) is 0 Å². The lowest BCUT2D eigenvalue weighted by atomic mass is 10.2. The number of carbonyl (C=O) groups is 2. The predicted molar refractivity (Wildman–Crippen MR) is 84.1 cm³/mol. The zero-order valence-corrected chi connectivity index (χ0v) is 14.0. The van der Waals surface area contributed by atoms with Gasteiger partial charge in [-0.1, -0.05) is 0 Å². The maximum atomic E-state index is 12.2. The van der Waals surface area contributed by atoms with Gasteiger partial charge in [0, 0.05) is 19.5 Å². The summed E-state index contributed by atoms with van der Waals surface area (Å²) in [6.07, 6.45) is 1.87. The smallest absolute Gasteiger partial charge is 0.410 e. The summed E-state index contributed by atoms with van der Waals surface area (Å²) in [5.41, 5.74) is 1.34. The summed E-state index contributed by atoms with van der Waals surface area (Å²) >= 11 is 0. The van der Waals surface area contributed by atoms with E-state index < -0.39 is 11.6 Å². The lowest BCUT2D eigenvalue weighted by molar-refractivity contribution is -0.137. The number of ether oxygens (including phenoxy) is 1. The molecule has 1 amide bonds. The summed E-state index contributed by atoms with van der Waals surface area (Å²) in [5, 5.41) is 13.2. The van der Waals surface area contributed by atoms with Crippen LogP contribution >= 0.6 is 0 Å². The highest BCUT2D eigenvalue weighted by atomic mass is 16.6. The van der Waals surface area contributed by atoms with Crippen LogP contribution in [0.25, 0.3) is 0 Å². The fourth-order valence-corrected chi connectivity index (χ4v) is 2.55. The summed E-state index contributed by atoms with van der Waals surface area (Å²) in [6.45, 7) is 7.44. The van der Waals surface area contributed by atoms with Crippen molar-refractivity contribution in [1.29, 1.82) is 0 Å². The highest BCUT2D eigenvalue weighted by Crippen LogP contribution is 2.18. The molecular weight excluding hydrogens is 298 g/mol. The van der Waals surface area contributed by atoms with Crippen LogP contribution < -0.4 is 0 Å². The minimum absolute atomic E-state index is 0.145. The first-order valence-electron chi connectivity index (χ1n) is 8.00. The first-order valence-corrected chi connectivity index (χ1v) is 8.00. The zero-order chi connectivity index (χ0) is 17.0. The van der Waals surface area contributed by atoms with Gasteiger partial charge < -0.3 is 14.7 Å². The van der Waals surface area contributed by atoms with Crippen molar-refractivity contribution in [3.8, 4) is 0 Å². The van der Waals surface area contributed by atoms with Gasteiger partial charge in [0.05, 0.1) is 17.9 Å². The standard InChI is InChI=1S/C16H25N3O4/c1-16(2,3)23-15(22)18-8-5-9-19-13(11-18)10-12(17-19)6-4-7-14(20)21/h10H,4-9,11H2,1-3H3,(H,20,21). The number of hydrogen-bond donors (Lipinski definition) is 1. The Bertz CT molecular complexity index is 574. The Morgan fingerprint density at radius 3 is 2.74 bits per heavy atom. The van der Waals surface area contributed by atoms with E-state index in [9.17, 15) is 9.59 Å². The molecule has 0 unspecified atom stereocenters. The van der Waals surface area contributed by atoms with E-state index >= 15 is 0 Å². The van der Waals surface area contributed by atoms with Gasteiger partial charge in [-0.3, -0.25) is 9.48 Å². The molecule has 0 saturated heterocycles. The number of hydrogen-bond acceptors (Lipinski definition) is 4. The Morgan fingerprint density at radius 2 is 2.09 bits per heavy atom. The molecule has 0 spiro atoms. The van der Waals surface area contributed by atoms with E-state index in [1.165, 1.54) is 0 Å². The van der Waals surface area contributed by atoms with Gasteiger partial charge in [0.2, 0.25) is 0 Å². The molecule has 0 fully saturated rings. The van der Waals surface area contributed by atoms with Crippen molar-refractivity contribution < 1.29 is 19.4 Å². The van der Waals surface area contributed by atoms with Crippen molar-refractivity contribution in [3.63, 3.8) is 0 Å². The Labute approximate surface area is 136 Å². The van der Waals surface area contributed by atoms with E-state index in [0.29, 0.717) is 25.9 Å². The monoisotopic (exact) mass is 323 g/mol. The van der Waals surface area contributed by atoms with Crippen LogP contribution in [0, 0.1) is 0 Å². The van der Waals surface area contributed by atoms with Gasteiger partial charge in [0.1, 0.15) is 5.60 Å². The van der Waals surface area contributed by atoms with Crippen LogP contribution in [-0.4, -0.2) is 44.0 Å². The van der Waals surface area contributed by atoms with Crippen LogP contribution in [0.4, 0.5) is 4.79 Å². The Kier molecular flexibility index (Phi) is 5.28. The van der Waals surface area contributed by atoms with Gasteiger partial charge in [-0.15, -0.1) is 0 Å². The molecule has 1 N–H and O–H groups in total. The topological polar surface area (TPSA) is 84.7 Å². The second kappa shape index (κ2) is 7.02. The van der Waals surface area contributed by atoms with Gasteiger partial charge >= 0.3 is 12.1 Å². The molecule has 23 heavy (non-hydrogen) atoms. The molecule has 0 aromatic carbocycles. The van der Waals surface area contributed by atoms with Crippen molar-refractivity contribution in [1.82, 2.24) is 14.7 Å². The van der Waals surface area contributed by atoms with Crippen molar-refractivity contribution in [2.75, 3.05) is 6.54 Å². The normalized spacial score (nSPS) is 15.0. The molecule has 1 aromatic rings. The lowest BCUT2D eigenvalue weighted by Crippen LogP contribution is -2.36. The molecule has 7 nitrogen and oxygen atoms in total. The number of carbonyl (C=O) groups excluding carboxylic acids is 1. The Hall–Kier alpha value is -2.05. The average Bonchev–Trinajstić information content (AvgIpc) is 2.66. The maximum absolute atomic E-state index is 12.2. The SMILES string of the molecule is CC(C)(C)OC(=O)N1CCCn2nc(CCCC(=O)O)cc2C1. The van der Waals surface area contributed by atoms with Gasteiger partial charge in [-0.25, -0.2) is 4.79 Å². The molecule has 1 aliphatic rings. The minimum Gasteiger partial charge on any atom is -0.481 e. The summed E-state index contributed by atoms with van der Waals surface area (Å²) in [7, 11) is 0. The maximum Gasteiger partial charge on any atom is 0.410 e. The van der Waals surface area contributed by atoms with E-state index in [2.05, 4.69) is 5.10 Å². The van der Waals surface area contributed by atoms with Gasteiger partial charge in [0.25, 0.3) is 0 Å². The first kappa shape index (κ1) is 17.3. The van der Waals surface area contributed by atoms with Crippen LogP contribution in [0.15, 0.2) is 6.07 Å². The fourth-order valence-electron chi connectivity index (χ4n) is 2.55. The second-order valence-corrected chi connectivity index (χ2v) is 6.85. The molecule has 0 saturated carbocycles. The zero-order valence-electron chi connectivity index (χ0n) is 14.0.